The molecule has 3 aromatic rings. The summed E-state index contributed by atoms with van der Waals surface area (Å²) in [6, 6.07) is 15.9. The van der Waals surface area contributed by atoms with E-state index in [9.17, 15) is 19.1 Å². The lowest BCUT2D eigenvalue weighted by atomic mass is 9.94. The van der Waals surface area contributed by atoms with Crippen LogP contribution in [0.5, 0.6) is 0 Å². The molecule has 1 aromatic heterocycles. The molecular weight excluding hydrogens is 519 g/mol. The van der Waals surface area contributed by atoms with Crippen molar-refractivity contribution in [3.8, 4) is 22.4 Å². The fourth-order valence-corrected chi connectivity index (χ4v) is 5.06. The van der Waals surface area contributed by atoms with E-state index in [-0.39, 0.29) is 24.1 Å². The molecule has 0 aliphatic carbocycles. The normalized spacial score (nSPS) is 16.7. The Balaban J connectivity index is 0.00000108. The Morgan fingerprint density at radius 1 is 1.12 bits per heavy atom. The Bertz CT molecular complexity index is 1370. The lowest BCUT2D eigenvalue weighted by Gasteiger charge is -2.27. The standard InChI is InChI=1S/C30H33FN2O4.C4H8/c1-18(2)28-27(30(36)32-19(3)4)26(20-8-6-5-7-9-20)29(21-10-12-22(31)13-11-21)33(28)15-14-24-16-23(34)17-25(35)37-24;1-3-4-2/h5-13,18,23-24,34H,3,14-17H2,1-2,4H3,(H,32,36);3-4H,1-2H3/b;4-3-. The Labute approximate surface area is 242 Å². The number of aliphatic hydroxyl groups excluding tert-OH is 1. The SMILES string of the molecule is C/C=C\C.C=C(C)NC(=O)c1c(-c2ccccc2)c(-c2ccc(F)cc2)n(CCC2CC(O)CC(=O)O2)c1C(C)C. The van der Waals surface area contributed by atoms with Gasteiger partial charge in [0.05, 0.1) is 23.8 Å². The summed E-state index contributed by atoms with van der Waals surface area (Å²) < 4.78 is 21.5. The summed E-state index contributed by atoms with van der Waals surface area (Å²) in [5.41, 5.74) is 5.02. The number of benzene rings is 2. The minimum Gasteiger partial charge on any atom is -0.462 e. The van der Waals surface area contributed by atoms with E-state index in [0.29, 0.717) is 30.6 Å². The largest absolute Gasteiger partial charge is 0.462 e. The van der Waals surface area contributed by atoms with E-state index >= 15 is 0 Å². The molecule has 2 heterocycles. The maximum absolute atomic E-state index is 13.9. The molecule has 2 unspecified atom stereocenters. The average molecular weight is 561 g/mol. The van der Waals surface area contributed by atoms with Gasteiger partial charge in [-0.25, -0.2) is 4.39 Å². The molecule has 0 saturated carbocycles. The van der Waals surface area contributed by atoms with Crippen LogP contribution in [0.25, 0.3) is 22.4 Å². The molecule has 7 heteroatoms. The van der Waals surface area contributed by atoms with Gasteiger partial charge in [-0.05, 0) is 62.1 Å². The number of cyclic esters (lactones) is 1. The van der Waals surface area contributed by atoms with Crippen LogP contribution in [0.3, 0.4) is 0 Å². The molecule has 41 heavy (non-hydrogen) atoms. The number of allylic oxidation sites excluding steroid dienone is 3. The lowest BCUT2D eigenvalue weighted by molar-refractivity contribution is -0.160. The van der Waals surface area contributed by atoms with Crippen LogP contribution in [-0.2, 0) is 16.1 Å². The third kappa shape index (κ3) is 8.04. The average Bonchev–Trinajstić information content (AvgIpc) is 3.28. The van der Waals surface area contributed by atoms with Gasteiger partial charge in [0.2, 0.25) is 0 Å². The number of carbonyl (C=O) groups is 2. The van der Waals surface area contributed by atoms with Gasteiger partial charge in [-0.1, -0.05) is 62.9 Å². The highest BCUT2D eigenvalue weighted by molar-refractivity contribution is 6.07. The van der Waals surface area contributed by atoms with Crippen LogP contribution in [0.4, 0.5) is 4.39 Å². The van der Waals surface area contributed by atoms with Gasteiger partial charge in [0.1, 0.15) is 11.9 Å². The number of aliphatic hydroxyl groups is 1. The van der Waals surface area contributed by atoms with Crippen molar-refractivity contribution in [2.24, 2.45) is 0 Å². The van der Waals surface area contributed by atoms with Gasteiger partial charge in [0.25, 0.3) is 5.91 Å². The van der Waals surface area contributed by atoms with Crippen molar-refractivity contribution in [1.29, 1.82) is 0 Å². The zero-order valence-corrected chi connectivity index (χ0v) is 24.6. The number of ether oxygens (including phenoxy) is 1. The number of halogens is 1. The van der Waals surface area contributed by atoms with E-state index in [4.69, 9.17) is 4.74 Å². The lowest BCUT2D eigenvalue weighted by Crippen LogP contribution is -2.33. The van der Waals surface area contributed by atoms with E-state index in [1.165, 1.54) is 12.1 Å². The molecule has 0 radical (unpaired) electrons. The van der Waals surface area contributed by atoms with Gasteiger partial charge in [0.15, 0.2) is 0 Å². The smallest absolute Gasteiger partial charge is 0.308 e. The molecule has 1 aliphatic rings. The minimum atomic E-state index is -0.728. The Kier molecular flexibility index (Phi) is 11.2. The first-order valence-electron chi connectivity index (χ1n) is 14.1. The molecule has 1 saturated heterocycles. The molecule has 218 valence electrons. The first-order chi connectivity index (χ1) is 19.6. The number of nitrogens with zero attached hydrogens (tertiary/aromatic N) is 1. The third-order valence-corrected chi connectivity index (χ3v) is 6.83. The molecule has 1 amide bonds. The van der Waals surface area contributed by atoms with Crippen LogP contribution < -0.4 is 5.32 Å². The number of hydrogen-bond donors (Lipinski definition) is 2. The molecule has 6 nitrogen and oxygen atoms in total. The monoisotopic (exact) mass is 560 g/mol. The van der Waals surface area contributed by atoms with E-state index in [1.54, 1.807) is 19.1 Å². The fourth-order valence-electron chi connectivity index (χ4n) is 5.06. The second-order valence-electron chi connectivity index (χ2n) is 10.6. The summed E-state index contributed by atoms with van der Waals surface area (Å²) in [4.78, 5) is 25.6. The number of amides is 1. The fraction of sp³-hybridized carbons (Fsp3) is 0.353. The second-order valence-corrected chi connectivity index (χ2v) is 10.6. The summed E-state index contributed by atoms with van der Waals surface area (Å²) >= 11 is 0. The number of carbonyl (C=O) groups excluding carboxylic acids is 2. The van der Waals surface area contributed by atoms with Crippen LogP contribution in [0, 0.1) is 5.82 Å². The van der Waals surface area contributed by atoms with Crippen LogP contribution in [0.1, 0.15) is 75.9 Å². The molecule has 2 atom stereocenters. The van der Waals surface area contributed by atoms with E-state index in [2.05, 4.69) is 16.5 Å². The third-order valence-electron chi connectivity index (χ3n) is 6.83. The summed E-state index contributed by atoms with van der Waals surface area (Å²) in [6.07, 6.45) is 3.66. The summed E-state index contributed by atoms with van der Waals surface area (Å²) in [5.74, 6) is -1.07. The van der Waals surface area contributed by atoms with Crippen molar-refractivity contribution < 1.29 is 23.8 Å². The molecular formula is C34H41FN2O4. The number of rotatable bonds is 8. The number of esters is 1. The maximum Gasteiger partial charge on any atom is 0.308 e. The zero-order valence-electron chi connectivity index (χ0n) is 24.6. The molecule has 2 aromatic carbocycles. The summed E-state index contributed by atoms with van der Waals surface area (Å²) in [7, 11) is 0. The number of aromatic nitrogens is 1. The van der Waals surface area contributed by atoms with Crippen LogP contribution in [0.2, 0.25) is 0 Å². The van der Waals surface area contributed by atoms with Gasteiger partial charge in [-0.3, -0.25) is 9.59 Å². The molecule has 2 N–H and O–H groups in total. The van der Waals surface area contributed by atoms with E-state index < -0.39 is 18.2 Å². The van der Waals surface area contributed by atoms with E-state index in [1.807, 2.05) is 70.2 Å². The second kappa shape index (κ2) is 14.6. The van der Waals surface area contributed by atoms with Crippen LogP contribution in [0.15, 0.2) is 79.0 Å². The van der Waals surface area contributed by atoms with Gasteiger partial charge in [-0.15, -0.1) is 0 Å². The van der Waals surface area contributed by atoms with Gasteiger partial charge in [0, 0.05) is 36.3 Å². The molecule has 1 aliphatic heterocycles. The minimum absolute atomic E-state index is 0.00146. The van der Waals surface area contributed by atoms with Gasteiger partial charge in [-0.2, -0.15) is 0 Å². The molecule has 0 bridgehead atoms. The van der Waals surface area contributed by atoms with Crippen molar-refractivity contribution >= 4 is 11.9 Å². The number of hydrogen-bond acceptors (Lipinski definition) is 4. The predicted molar refractivity (Wildman–Crippen MR) is 162 cm³/mol. The van der Waals surface area contributed by atoms with Crippen LogP contribution >= 0.6 is 0 Å². The van der Waals surface area contributed by atoms with Gasteiger partial charge >= 0.3 is 5.97 Å². The predicted octanol–water partition coefficient (Wildman–Crippen LogP) is 7.39. The first kappa shape index (κ1) is 31.6. The molecule has 4 rings (SSSR count). The topological polar surface area (TPSA) is 80.6 Å². The Morgan fingerprint density at radius 3 is 2.29 bits per heavy atom. The highest BCUT2D eigenvalue weighted by Crippen LogP contribution is 2.42. The highest BCUT2D eigenvalue weighted by Gasteiger charge is 2.32. The van der Waals surface area contributed by atoms with Crippen molar-refractivity contribution in [3.05, 3.63) is 96.1 Å². The van der Waals surface area contributed by atoms with Gasteiger partial charge < -0.3 is 19.7 Å². The summed E-state index contributed by atoms with van der Waals surface area (Å²) in [5, 5.41) is 13.0. The molecule has 0 spiro atoms. The first-order valence-corrected chi connectivity index (χ1v) is 14.1. The van der Waals surface area contributed by atoms with Crippen LogP contribution in [-0.4, -0.2) is 33.8 Å². The van der Waals surface area contributed by atoms with Crippen molar-refractivity contribution in [2.75, 3.05) is 0 Å². The summed E-state index contributed by atoms with van der Waals surface area (Å²) in [6.45, 7) is 14.1. The quantitative estimate of drug-likeness (QED) is 0.222. The van der Waals surface area contributed by atoms with Crippen molar-refractivity contribution in [1.82, 2.24) is 9.88 Å². The highest BCUT2D eigenvalue weighted by atomic mass is 19.1. The zero-order chi connectivity index (χ0) is 30.1. The number of nitrogens with one attached hydrogen (secondary N) is 1. The maximum atomic E-state index is 13.9. The molecule has 1 fully saturated rings. The van der Waals surface area contributed by atoms with Crippen molar-refractivity contribution in [3.63, 3.8) is 0 Å². The van der Waals surface area contributed by atoms with Crippen molar-refractivity contribution in [2.45, 2.75) is 78.6 Å². The Hall–Kier alpha value is -3.97. The Morgan fingerprint density at radius 2 is 1.76 bits per heavy atom. The van der Waals surface area contributed by atoms with E-state index in [0.717, 1.165) is 28.1 Å².